The van der Waals surface area contributed by atoms with Gasteiger partial charge in [-0.1, -0.05) is 140 Å². The van der Waals surface area contributed by atoms with E-state index in [-0.39, 0.29) is 0 Å². The van der Waals surface area contributed by atoms with Crippen molar-refractivity contribution in [1.29, 1.82) is 0 Å². The van der Waals surface area contributed by atoms with Crippen molar-refractivity contribution < 1.29 is 0 Å². The summed E-state index contributed by atoms with van der Waals surface area (Å²) >= 11 is 1.86. The molecule has 0 unspecified atom stereocenters. The highest BCUT2D eigenvalue weighted by atomic mass is 32.1. The molecule has 234 valence electrons. The minimum atomic E-state index is 1.12. The Kier molecular flexibility index (Phi) is 6.75. The number of fused-ring (bicyclic) bond motifs is 8. The van der Waals surface area contributed by atoms with Crippen molar-refractivity contribution in [3.63, 3.8) is 0 Å². The lowest BCUT2D eigenvalue weighted by Crippen LogP contribution is -2.10. The molecule has 0 amide bonds. The van der Waals surface area contributed by atoms with Crippen LogP contribution in [-0.4, -0.2) is 0 Å². The molecule has 0 fully saturated rings. The van der Waals surface area contributed by atoms with Gasteiger partial charge in [0.05, 0.1) is 5.69 Å². The average Bonchev–Trinajstić information content (AvgIpc) is 3.58. The highest BCUT2D eigenvalue weighted by molar-refractivity contribution is 7.26. The predicted octanol–water partition coefficient (Wildman–Crippen LogP) is 14.3. The lowest BCUT2D eigenvalue weighted by molar-refractivity contribution is 1.30. The van der Waals surface area contributed by atoms with E-state index >= 15 is 0 Å². The number of hydrogen-bond acceptors (Lipinski definition) is 2. The predicted molar refractivity (Wildman–Crippen MR) is 217 cm³/mol. The summed E-state index contributed by atoms with van der Waals surface area (Å²) in [7, 11) is 0. The smallest absolute Gasteiger partial charge is 0.0554 e. The first-order valence-corrected chi connectivity index (χ1v) is 17.9. The van der Waals surface area contributed by atoms with Crippen molar-refractivity contribution in [2.45, 2.75) is 0 Å². The topological polar surface area (TPSA) is 3.24 Å². The van der Waals surface area contributed by atoms with Crippen LogP contribution in [0.2, 0.25) is 0 Å². The van der Waals surface area contributed by atoms with Crippen LogP contribution in [-0.2, 0) is 0 Å². The summed E-state index contributed by atoms with van der Waals surface area (Å²) in [5, 5.41) is 10.3. The zero-order chi connectivity index (χ0) is 33.0. The molecule has 0 aliphatic rings. The molecule has 1 aromatic heterocycles. The Morgan fingerprint density at radius 2 is 0.920 bits per heavy atom. The van der Waals surface area contributed by atoms with Gasteiger partial charge in [0.1, 0.15) is 0 Å². The van der Waals surface area contributed by atoms with Crippen molar-refractivity contribution in [2.75, 3.05) is 4.90 Å². The Labute approximate surface area is 294 Å². The summed E-state index contributed by atoms with van der Waals surface area (Å²) in [5.41, 5.74) is 8.32. The first-order chi connectivity index (χ1) is 24.8. The van der Waals surface area contributed by atoms with E-state index in [1.165, 1.54) is 80.4 Å². The van der Waals surface area contributed by atoms with Crippen LogP contribution < -0.4 is 4.90 Å². The zero-order valence-corrected chi connectivity index (χ0v) is 28.1. The van der Waals surface area contributed by atoms with Gasteiger partial charge in [-0.3, -0.25) is 0 Å². The molecule has 0 saturated heterocycles. The number of benzene rings is 9. The fraction of sp³-hybridized carbons (Fsp3) is 0. The van der Waals surface area contributed by atoms with Crippen LogP contribution in [0, 0.1) is 0 Å². The van der Waals surface area contributed by atoms with Gasteiger partial charge in [-0.15, -0.1) is 11.3 Å². The molecule has 0 bridgehead atoms. The minimum absolute atomic E-state index is 1.12. The quantitative estimate of drug-likeness (QED) is 0.167. The van der Waals surface area contributed by atoms with Crippen molar-refractivity contribution in [1.82, 2.24) is 0 Å². The molecule has 0 radical (unpaired) electrons. The highest BCUT2D eigenvalue weighted by Gasteiger charge is 2.19. The van der Waals surface area contributed by atoms with E-state index in [0.717, 1.165) is 11.4 Å². The zero-order valence-electron chi connectivity index (χ0n) is 27.3. The van der Waals surface area contributed by atoms with Gasteiger partial charge in [-0.25, -0.2) is 0 Å². The third-order valence-electron chi connectivity index (χ3n) is 10.1. The van der Waals surface area contributed by atoms with Crippen LogP contribution in [0.1, 0.15) is 0 Å². The maximum atomic E-state index is 2.42. The van der Waals surface area contributed by atoms with Gasteiger partial charge in [0, 0.05) is 31.5 Å². The van der Waals surface area contributed by atoms with Gasteiger partial charge in [-0.05, 0) is 103 Å². The molecular weight excluding hydrogens is 623 g/mol. The Morgan fingerprint density at radius 3 is 1.70 bits per heavy atom. The van der Waals surface area contributed by atoms with Gasteiger partial charge in [0.2, 0.25) is 0 Å². The van der Waals surface area contributed by atoms with E-state index < -0.39 is 0 Å². The Hall–Kier alpha value is -6.22. The number of nitrogens with zero attached hydrogens (tertiary/aromatic N) is 1. The molecule has 0 N–H and O–H groups in total. The number of thiophene rings is 1. The second-order valence-corrected chi connectivity index (χ2v) is 14.0. The van der Waals surface area contributed by atoms with Crippen LogP contribution >= 0.6 is 11.3 Å². The normalized spacial score (nSPS) is 11.6. The number of rotatable bonds is 5. The van der Waals surface area contributed by atoms with Gasteiger partial charge in [0.15, 0.2) is 0 Å². The first-order valence-electron chi connectivity index (χ1n) is 17.1. The van der Waals surface area contributed by atoms with Crippen LogP contribution in [0.4, 0.5) is 17.1 Å². The van der Waals surface area contributed by atoms with Gasteiger partial charge < -0.3 is 4.90 Å². The third-order valence-corrected chi connectivity index (χ3v) is 11.2. The SMILES string of the molecule is c1ccc(-c2ccc(N(c3ccc(-c4cc5c6ccccc6ccc5c5ccccc45)cc3)c3cccc4sc5ccccc5c34)cc2)cc1. The van der Waals surface area contributed by atoms with Crippen LogP contribution in [0.15, 0.2) is 188 Å². The van der Waals surface area contributed by atoms with Crippen molar-refractivity contribution in [3.05, 3.63) is 188 Å². The second-order valence-electron chi connectivity index (χ2n) is 12.9. The average molecular weight is 654 g/mol. The largest absolute Gasteiger partial charge is 0.310 e. The van der Waals surface area contributed by atoms with E-state index in [2.05, 4.69) is 193 Å². The van der Waals surface area contributed by atoms with E-state index in [4.69, 9.17) is 0 Å². The Morgan fingerprint density at radius 1 is 0.340 bits per heavy atom. The molecule has 10 aromatic rings. The van der Waals surface area contributed by atoms with E-state index in [9.17, 15) is 0 Å². The van der Waals surface area contributed by atoms with Gasteiger partial charge in [-0.2, -0.15) is 0 Å². The third kappa shape index (κ3) is 4.69. The number of hydrogen-bond donors (Lipinski definition) is 0. The molecule has 2 heteroatoms. The number of anilines is 3. The van der Waals surface area contributed by atoms with Crippen molar-refractivity contribution in [2.24, 2.45) is 0 Å². The molecular formula is C48H31NS. The van der Waals surface area contributed by atoms with Crippen LogP contribution in [0.25, 0.3) is 74.7 Å². The van der Waals surface area contributed by atoms with Crippen molar-refractivity contribution >= 4 is 80.9 Å². The van der Waals surface area contributed by atoms with Crippen molar-refractivity contribution in [3.8, 4) is 22.3 Å². The monoisotopic (exact) mass is 653 g/mol. The first kappa shape index (κ1) is 28.8. The lowest BCUT2D eigenvalue weighted by atomic mass is 9.91. The molecule has 0 aliphatic heterocycles. The lowest BCUT2D eigenvalue weighted by Gasteiger charge is -2.27. The molecule has 50 heavy (non-hydrogen) atoms. The van der Waals surface area contributed by atoms with Gasteiger partial charge >= 0.3 is 0 Å². The summed E-state index contributed by atoms with van der Waals surface area (Å²) in [5.74, 6) is 0. The summed E-state index contributed by atoms with van der Waals surface area (Å²) < 4.78 is 2.60. The van der Waals surface area contributed by atoms with E-state index in [1.807, 2.05) is 11.3 Å². The summed E-state index contributed by atoms with van der Waals surface area (Å²) in [6.45, 7) is 0. The Balaban J connectivity index is 1.16. The van der Waals surface area contributed by atoms with Crippen LogP contribution in [0.5, 0.6) is 0 Å². The van der Waals surface area contributed by atoms with E-state index in [0.29, 0.717) is 0 Å². The molecule has 0 aliphatic carbocycles. The fourth-order valence-electron chi connectivity index (χ4n) is 7.69. The minimum Gasteiger partial charge on any atom is -0.310 e. The molecule has 0 atom stereocenters. The molecule has 0 spiro atoms. The molecule has 10 rings (SSSR count). The molecule has 1 nitrogen and oxygen atoms in total. The molecule has 1 heterocycles. The standard InChI is InChI=1S/C48H31NS/c1-2-11-32(12-3-1)33-21-26-36(27-22-33)49(45-18-10-20-47-48(45)42-17-8-9-19-46(42)50-47)37-28-23-35(24-29-37)43-31-44-38-14-5-4-13-34(38)25-30-41(44)39-15-6-7-16-40(39)43/h1-31H. The summed E-state index contributed by atoms with van der Waals surface area (Å²) in [6, 6.07) is 68.7. The maximum absolute atomic E-state index is 2.42. The molecule has 9 aromatic carbocycles. The maximum Gasteiger partial charge on any atom is 0.0554 e. The Bertz CT molecular complexity index is 2850. The van der Waals surface area contributed by atoms with E-state index in [1.54, 1.807) is 0 Å². The molecule has 0 saturated carbocycles. The van der Waals surface area contributed by atoms with Gasteiger partial charge in [0.25, 0.3) is 0 Å². The van der Waals surface area contributed by atoms with Crippen LogP contribution in [0.3, 0.4) is 0 Å². The second kappa shape index (κ2) is 11.7. The fourth-order valence-corrected chi connectivity index (χ4v) is 8.82. The summed E-state index contributed by atoms with van der Waals surface area (Å²) in [6.07, 6.45) is 0. The highest BCUT2D eigenvalue weighted by Crippen LogP contribution is 2.46. The summed E-state index contributed by atoms with van der Waals surface area (Å²) in [4.78, 5) is 2.42.